The fourth-order valence-electron chi connectivity index (χ4n) is 7.34. The SMILES string of the molecule is CCCc1c(Cc2ccc(-c3ccccc3)c(C3=NNC(=O)C3)c2)c(=O)n(C2CCC(O)(CN3CCOCC3)CC2)c2ncnn12. The van der Waals surface area contributed by atoms with Crippen LogP contribution in [0.4, 0.5) is 0 Å². The standard InChI is InChI=1S/C35H41N7O4/c1-2-6-31-29(20-24-9-10-27(25-7-4-3-5-8-25)28(19-24)30-21-32(43)39-38-30)33(44)41(34-36-23-37-42(31)34)26-11-13-35(45,14-12-26)22-40-15-17-46-18-16-40/h3-5,7-10,19,23,26,45H,2,6,11-18,20-22H2,1H3,(H,39,43). The van der Waals surface area contributed by atoms with Gasteiger partial charge in [0.15, 0.2) is 0 Å². The van der Waals surface area contributed by atoms with Crippen molar-refractivity contribution in [3.63, 3.8) is 0 Å². The smallest absolute Gasteiger partial charge is 0.259 e. The van der Waals surface area contributed by atoms with E-state index in [4.69, 9.17) is 4.74 Å². The fraction of sp³-hybridized carbons (Fsp3) is 0.457. The number of hydrazone groups is 1. The third kappa shape index (κ3) is 6.02. The largest absolute Gasteiger partial charge is 0.389 e. The number of hydrogen-bond donors (Lipinski definition) is 2. The number of carbonyl (C=O) groups excluding carboxylic acids is 1. The van der Waals surface area contributed by atoms with Crippen LogP contribution in [0.15, 0.2) is 64.8 Å². The zero-order chi connectivity index (χ0) is 31.7. The van der Waals surface area contributed by atoms with Crippen molar-refractivity contribution in [3.05, 3.63) is 87.6 Å². The maximum Gasteiger partial charge on any atom is 0.259 e. The second-order valence-corrected chi connectivity index (χ2v) is 12.9. The molecule has 1 aliphatic carbocycles. The highest BCUT2D eigenvalue weighted by atomic mass is 16.5. The number of aryl methyl sites for hydroxylation is 1. The molecule has 0 atom stereocenters. The van der Waals surface area contributed by atoms with Gasteiger partial charge in [0.1, 0.15) is 6.33 Å². The third-order valence-electron chi connectivity index (χ3n) is 9.69. The Morgan fingerprint density at radius 2 is 1.83 bits per heavy atom. The minimum atomic E-state index is -0.775. The van der Waals surface area contributed by atoms with Crippen LogP contribution in [0.25, 0.3) is 16.9 Å². The van der Waals surface area contributed by atoms with Crippen LogP contribution < -0.4 is 11.0 Å². The van der Waals surface area contributed by atoms with Crippen LogP contribution in [-0.2, 0) is 22.4 Å². The maximum atomic E-state index is 14.5. The van der Waals surface area contributed by atoms with Gasteiger partial charge < -0.3 is 9.84 Å². The number of nitrogens with zero attached hydrogens (tertiary/aromatic N) is 6. The van der Waals surface area contributed by atoms with E-state index in [1.165, 1.54) is 6.33 Å². The molecule has 0 radical (unpaired) electrons. The van der Waals surface area contributed by atoms with Gasteiger partial charge in [-0.1, -0.05) is 55.8 Å². The molecule has 2 N–H and O–H groups in total. The highest BCUT2D eigenvalue weighted by Gasteiger charge is 2.37. The van der Waals surface area contributed by atoms with Gasteiger partial charge in [0.05, 0.1) is 36.6 Å². The van der Waals surface area contributed by atoms with Crippen molar-refractivity contribution < 1.29 is 14.6 Å². The molecule has 7 rings (SSSR count). The molecule has 46 heavy (non-hydrogen) atoms. The monoisotopic (exact) mass is 623 g/mol. The van der Waals surface area contributed by atoms with E-state index in [1.807, 2.05) is 39.4 Å². The Hall–Kier alpha value is -4.19. The zero-order valence-corrected chi connectivity index (χ0v) is 26.3. The van der Waals surface area contributed by atoms with Crippen LogP contribution in [0.2, 0.25) is 0 Å². The summed E-state index contributed by atoms with van der Waals surface area (Å²) in [7, 11) is 0. The topological polar surface area (TPSA) is 126 Å². The first-order valence-corrected chi connectivity index (χ1v) is 16.4. The lowest BCUT2D eigenvalue weighted by atomic mass is 9.81. The molecule has 0 bridgehead atoms. The Morgan fingerprint density at radius 1 is 1.04 bits per heavy atom. The van der Waals surface area contributed by atoms with Gasteiger partial charge in [-0.05, 0) is 54.9 Å². The number of nitrogens with one attached hydrogen (secondary N) is 1. The number of ether oxygens (including phenoxy) is 1. The molecule has 11 heteroatoms. The Balaban J connectivity index is 1.24. The molecule has 1 saturated carbocycles. The van der Waals surface area contributed by atoms with Crippen LogP contribution in [0.5, 0.6) is 0 Å². The molecule has 2 aliphatic heterocycles. The van der Waals surface area contributed by atoms with Gasteiger partial charge in [0.2, 0.25) is 11.7 Å². The van der Waals surface area contributed by atoms with Crippen molar-refractivity contribution in [1.29, 1.82) is 0 Å². The zero-order valence-electron chi connectivity index (χ0n) is 26.3. The number of morpholine rings is 1. The second-order valence-electron chi connectivity index (χ2n) is 12.9. The van der Waals surface area contributed by atoms with E-state index in [2.05, 4.69) is 50.6 Å². The van der Waals surface area contributed by atoms with E-state index in [9.17, 15) is 14.7 Å². The molecule has 1 amide bonds. The average molecular weight is 624 g/mol. The van der Waals surface area contributed by atoms with Crippen LogP contribution in [0.1, 0.15) is 73.9 Å². The molecule has 4 heterocycles. The summed E-state index contributed by atoms with van der Waals surface area (Å²) in [5, 5.41) is 20.4. The van der Waals surface area contributed by atoms with Crippen LogP contribution in [0, 0.1) is 0 Å². The van der Waals surface area contributed by atoms with Crippen LogP contribution in [0.3, 0.4) is 0 Å². The van der Waals surface area contributed by atoms with Gasteiger partial charge >= 0.3 is 0 Å². The number of aromatic nitrogens is 4. The molecule has 4 aromatic rings. The van der Waals surface area contributed by atoms with E-state index < -0.39 is 5.60 Å². The number of benzene rings is 2. The van der Waals surface area contributed by atoms with Gasteiger partial charge in [-0.25, -0.2) is 9.94 Å². The number of rotatable bonds is 9. The van der Waals surface area contributed by atoms with Crippen LogP contribution >= 0.6 is 0 Å². The lowest BCUT2D eigenvalue weighted by Gasteiger charge is -2.40. The molecule has 3 aliphatic rings. The Bertz CT molecular complexity index is 1820. The lowest BCUT2D eigenvalue weighted by Crippen LogP contribution is -2.49. The summed E-state index contributed by atoms with van der Waals surface area (Å²) in [4.78, 5) is 33.5. The van der Waals surface area contributed by atoms with E-state index >= 15 is 0 Å². The van der Waals surface area contributed by atoms with Crippen molar-refractivity contribution in [2.45, 2.75) is 69.9 Å². The fourth-order valence-corrected chi connectivity index (χ4v) is 7.34. The first-order valence-electron chi connectivity index (χ1n) is 16.4. The molecule has 0 unspecified atom stereocenters. The number of aliphatic hydroxyl groups is 1. The summed E-state index contributed by atoms with van der Waals surface area (Å²) in [5.41, 5.74) is 7.91. The lowest BCUT2D eigenvalue weighted by molar-refractivity contribution is -0.119. The number of amides is 1. The summed E-state index contributed by atoms with van der Waals surface area (Å²) in [5.74, 6) is 0.430. The summed E-state index contributed by atoms with van der Waals surface area (Å²) in [6.45, 7) is 5.80. The first-order chi connectivity index (χ1) is 22.4. The summed E-state index contributed by atoms with van der Waals surface area (Å²) >= 11 is 0. The minimum absolute atomic E-state index is 0.0451. The van der Waals surface area contributed by atoms with Crippen molar-refractivity contribution in [2.24, 2.45) is 5.10 Å². The van der Waals surface area contributed by atoms with Crippen LogP contribution in [-0.4, -0.2) is 79.2 Å². The summed E-state index contributed by atoms with van der Waals surface area (Å²) < 4.78 is 9.16. The molecule has 2 fully saturated rings. The van der Waals surface area contributed by atoms with Crippen molar-refractivity contribution in [3.8, 4) is 11.1 Å². The summed E-state index contributed by atoms with van der Waals surface area (Å²) in [6.07, 6.45) is 6.30. The predicted molar refractivity (Wildman–Crippen MR) is 175 cm³/mol. The number of fused-ring (bicyclic) bond motifs is 1. The van der Waals surface area contributed by atoms with E-state index in [1.54, 1.807) is 0 Å². The normalized spacial score (nSPS) is 22.3. The molecular formula is C35H41N7O4. The van der Waals surface area contributed by atoms with Gasteiger partial charge in [0.25, 0.3) is 5.56 Å². The average Bonchev–Trinajstić information content (AvgIpc) is 3.74. The van der Waals surface area contributed by atoms with Crippen molar-refractivity contribution in [1.82, 2.24) is 29.5 Å². The number of hydrogen-bond acceptors (Lipinski definition) is 8. The molecule has 1 saturated heterocycles. The Morgan fingerprint density at radius 3 is 2.54 bits per heavy atom. The highest BCUT2D eigenvalue weighted by Crippen LogP contribution is 2.36. The van der Waals surface area contributed by atoms with E-state index in [0.717, 1.165) is 47.5 Å². The summed E-state index contributed by atoms with van der Waals surface area (Å²) in [6, 6.07) is 16.2. The molecule has 11 nitrogen and oxygen atoms in total. The van der Waals surface area contributed by atoms with Gasteiger partial charge in [0, 0.05) is 43.2 Å². The Labute approximate surface area is 267 Å². The van der Waals surface area contributed by atoms with Crippen molar-refractivity contribution in [2.75, 3.05) is 32.8 Å². The number of β-amino-alcohol motifs (C(OH)–C–C–N with tert-alkyl or cyclic N) is 1. The van der Waals surface area contributed by atoms with Gasteiger partial charge in [-0.3, -0.25) is 19.1 Å². The molecule has 2 aromatic heterocycles. The third-order valence-corrected chi connectivity index (χ3v) is 9.69. The maximum absolute atomic E-state index is 14.5. The highest BCUT2D eigenvalue weighted by molar-refractivity contribution is 6.16. The van der Waals surface area contributed by atoms with Gasteiger partial charge in [-0.2, -0.15) is 15.2 Å². The predicted octanol–water partition coefficient (Wildman–Crippen LogP) is 3.50. The van der Waals surface area contributed by atoms with E-state index in [-0.39, 0.29) is 23.9 Å². The van der Waals surface area contributed by atoms with E-state index in [0.29, 0.717) is 75.3 Å². The number of carbonyl (C=O) groups is 1. The molecular weight excluding hydrogens is 582 g/mol. The quantitative estimate of drug-likeness (QED) is 0.292. The molecule has 0 spiro atoms. The molecule has 2 aromatic carbocycles. The second kappa shape index (κ2) is 12.9. The van der Waals surface area contributed by atoms with Crippen molar-refractivity contribution >= 4 is 17.4 Å². The molecule has 240 valence electrons. The Kier molecular flexibility index (Phi) is 8.54. The van der Waals surface area contributed by atoms with Gasteiger partial charge in [-0.15, -0.1) is 0 Å². The first kappa shape index (κ1) is 30.5. The minimum Gasteiger partial charge on any atom is -0.389 e.